The summed E-state index contributed by atoms with van der Waals surface area (Å²) in [5.74, 6) is 0.929. The highest BCUT2D eigenvalue weighted by molar-refractivity contribution is 9.10. The Bertz CT molecular complexity index is 604. The molecule has 146 valence electrons. The Balaban J connectivity index is 0.00000121. The largest absolute Gasteiger partial charge is 0.368 e. The molecule has 0 bridgehead atoms. The quantitative estimate of drug-likeness (QED) is 0.712. The Morgan fingerprint density at radius 1 is 1.15 bits per heavy atom. The van der Waals surface area contributed by atoms with Gasteiger partial charge in [0, 0.05) is 29.6 Å². The molecule has 0 spiro atoms. The van der Waals surface area contributed by atoms with Gasteiger partial charge in [-0.2, -0.15) is 0 Å². The van der Waals surface area contributed by atoms with Crippen LogP contribution in [0.25, 0.3) is 0 Å². The number of carbonyl (C=O) groups excluding carboxylic acids is 1. The van der Waals surface area contributed by atoms with Crippen LogP contribution in [0.3, 0.4) is 0 Å². The molecular formula is C19H28BrCl2N3O. The fraction of sp³-hybridized carbons (Fsp3) is 0.632. The molecule has 4 unspecified atom stereocenters. The van der Waals surface area contributed by atoms with Crippen molar-refractivity contribution >= 4 is 52.3 Å². The summed E-state index contributed by atoms with van der Waals surface area (Å²) < 4.78 is 1.12. The molecule has 1 aromatic carbocycles. The van der Waals surface area contributed by atoms with Crippen LogP contribution in [0.1, 0.15) is 38.5 Å². The minimum absolute atomic E-state index is 0. The summed E-state index contributed by atoms with van der Waals surface area (Å²) in [4.78, 5) is 15.0. The van der Waals surface area contributed by atoms with Crippen LogP contribution in [0.4, 0.5) is 5.69 Å². The molecule has 4 atom stereocenters. The lowest BCUT2D eigenvalue weighted by Crippen LogP contribution is -2.47. The van der Waals surface area contributed by atoms with Crippen LogP contribution < -0.4 is 15.5 Å². The molecule has 2 heterocycles. The van der Waals surface area contributed by atoms with Crippen molar-refractivity contribution < 1.29 is 4.79 Å². The molecule has 0 aromatic heterocycles. The van der Waals surface area contributed by atoms with E-state index in [9.17, 15) is 4.79 Å². The maximum atomic E-state index is 12.7. The van der Waals surface area contributed by atoms with Crippen LogP contribution in [0.15, 0.2) is 28.7 Å². The molecule has 4 rings (SSSR count). The van der Waals surface area contributed by atoms with E-state index in [1.54, 1.807) is 0 Å². The zero-order valence-corrected chi connectivity index (χ0v) is 18.0. The SMILES string of the molecule is Cl.Cl.O=C(NC1CCN(c2ccccc2Br)C1)C1CC2CCCCC2N1. The summed E-state index contributed by atoms with van der Waals surface area (Å²) in [5.41, 5.74) is 1.22. The maximum absolute atomic E-state index is 12.7. The Morgan fingerprint density at radius 2 is 1.92 bits per heavy atom. The third-order valence-corrected chi connectivity index (χ3v) is 6.58. The number of halogens is 3. The lowest BCUT2D eigenvalue weighted by atomic mass is 9.85. The predicted octanol–water partition coefficient (Wildman–Crippen LogP) is 3.91. The third-order valence-electron chi connectivity index (χ3n) is 5.91. The number of carbonyl (C=O) groups is 1. The first-order valence-electron chi connectivity index (χ1n) is 9.26. The highest BCUT2D eigenvalue weighted by Crippen LogP contribution is 2.33. The average molecular weight is 465 g/mol. The highest BCUT2D eigenvalue weighted by atomic mass is 79.9. The van der Waals surface area contributed by atoms with Crippen molar-refractivity contribution in [3.63, 3.8) is 0 Å². The second kappa shape index (κ2) is 9.63. The zero-order valence-electron chi connectivity index (χ0n) is 14.8. The normalized spacial score (nSPS) is 30.1. The number of rotatable bonds is 3. The van der Waals surface area contributed by atoms with E-state index in [-0.39, 0.29) is 42.8 Å². The number of amides is 1. The minimum Gasteiger partial charge on any atom is -0.368 e. The number of anilines is 1. The topological polar surface area (TPSA) is 44.4 Å². The molecule has 2 saturated heterocycles. The number of hydrogen-bond donors (Lipinski definition) is 2. The van der Waals surface area contributed by atoms with Gasteiger partial charge in [0.2, 0.25) is 5.91 Å². The van der Waals surface area contributed by atoms with Crippen LogP contribution in [0.2, 0.25) is 0 Å². The number of nitrogens with zero attached hydrogens (tertiary/aromatic N) is 1. The second-order valence-electron chi connectivity index (χ2n) is 7.50. The van der Waals surface area contributed by atoms with Gasteiger partial charge in [-0.25, -0.2) is 0 Å². The molecule has 0 radical (unpaired) electrons. The molecule has 1 aromatic rings. The first-order chi connectivity index (χ1) is 11.7. The molecule has 7 heteroatoms. The van der Waals surface area contributed by atoms with Crippen molar-refractivity contribution in [1.82, 2.24) is 10.6 Å². The number of nitrogens with one attached hydrogen (secondary N) is 2. The van der Waals surface area contributed by atoms with E-state index in [2.05, 4.69) is 49.7 Å². The van der Waals surface area contributed by atoms with Gasteiger partial charge in [-0.3, -0.25) is 4.79 Å². The summed E-state index contributed by atoms with van der Waals surface area (Å²) in [6.07, 6.45) is 7.23. The highest BCUT2D eigenvalue weighted by Gasteiger charge is 2.39. The van der Waals surface area contributed by atoms with Gasteiger partial charge in [0.25, 0.3) is 0 Å². The zero-order chi connectivity index (χ0) is 16.5. The van der Waals surface area contributed by atoms with Gasteiger partial charge in [0.15, 0.2) is 0 Å². The molecular weight excluding hydrogens is 437 g/mol. The van der Waals surface area contributed by atoms with Gasteiger partial charge in [-0.05, 0) is 59.7 Å². The van der Waals surface area contributed by atoms with Crippen molar-refractivity contribution in [2.45, 2.75) is 56.7 Å². The van der Waals surface area contributed by atoms with Crippen molar-refractivity contribution in [1.29, 1.82) is 0 Å². The minimum atomic E-state index is 0. The lowest BCUT2D eigenvalue weighted by Gasteiger charge is -2.24. The number of hydrogen-bond acceptors (Lipinski definition) is 3. The number of fused-ring (bicyclic) bond motifs is 1. The van der Waals surface area contributed by atoms with Crippen LogP contribution in [-0.2, 0) is 4.79 Å². The van der Waals surface area contributed by atoms with Crippen LogP contribution >= 0.6 is 40.7 Å². The summed E-state index contributed by atoms with van der Waals surface area (Å²) in [6, 6.07) is 9.17. The number of para-hydroxylation sites is 1. The molecule has 2 N–H and O–H groups in total. The summed E-state index contributed by atoms with van der Waals surface area (Å²) in [5, 5.41) is 6.88. The fourth-order valence-electron chi connectivity index (χ4n) is 4.63. The molecule has 3 fully saturated rings. The van der Waals surface area contributed by atoms with Gasteiger partial charge >= 0.3 is 0 Å². The lowest BCUT2D eigenvalue weighted by molar-refractivity contribution is -0.123. The summed E-state index contributed by atoms with van der Waals surface area (Å²) in [6.45, 7) is 1.89. The van der Waals surface area contributed by atoms with Crippen LogP contribution in [0, 0.1) is 5.92 Å². The Hall–Kier alpha value is -0.490. The van der Waals surface area contributed by atoms with Crippen molar-refractivity contribution in [2.24, 2.45) is 5.92 Å². The average Bonchev–Trinajstić information content (AvgIpc) is 3.22. The number of benzene rings is 1. The monoisotopic (exact) mass is 463 g/mol. The van der Waals surface area contributed by atoms with E-state index in [1.165, 1.54) is 31.4 Å². The Labute approximate surface area is 176 Å². The van der Waals surface area contributed by atoms with Crippen LogP contribution in [0.5, 0.6) is 0 Å². The van der Waals surface area contributed by atoms with Gasteiger partial charge in [0.05, 0.1) is 11.7 Å². The summed E-state index contributed by atoms with van der Waals surface area (Å²) in [7, 11) is 0. The van der Waals surface area contributed by atoms with Gasteiger partial charge in [-0.15, -0.1) is 24.8 Å². The van der Waals surface area contributed by atoms with Crippen LogP contribution in [-0.4, -0.2) is 37.1 Å². The molecule has 1 amide bonds. The molecule has 4 nitrogen and oxygen atoms in total. The Morgan fingerprint density at radius 3 is 2.69 bits per heavy atom. The van der Waals surface area contributed by atoms with Crippen molar-refractivity contribution in [3.8, 4) is 0 Å². The van der Waals surface area contributed by atoms with Crippen molar-refractivity contribution in [3.05, 3.63) is 28.7 Å². The molecule has 1 saturated carbocycles. The molecule has 2 aliphatic heterocycles. The van der Waals surface area contributed by atoms with Gasteiger partial charge in [-0.1, -0.05) is 25.0 Å². The predicted molar refractivity (Wildman–Crippen MR) is 115 cm³/mol. The molecule has 3 aliphatic rings. The van der Waals surface area contributed by atoms with E-state index in [4.69, 9.17) is 0 Å². The third kappa shape index (κ3) is 4.67. The van der Waals surface area contributed by atoms with Gasteiger partial charge in [0.1, 0.15) is 0 Å². The molecule has 26 heavy (non-hydrogen) atoms. The Kier molecular flexibility index (Phi) is 8.08. The fourth-order valence-corrected chi connectivity index (χ4v) is 5.16. The first kappa shape index (κ1) is 21.8. The van der Waals surface area contributed by atoms with E-state index in [1.807, 2.05) is 6.07 Å². The standard InChI is InChI=1S/C19H26BrN3O.2ClH/c20-15-6-2-4-8-18(15)23-10-9-14(12-23)21-19(24)17-11-13-5-1-3-7-16(13)22-17;;/h2,4,6,8,13-14,16-17,22H,1,3,5,7,9-12H2,(H,21,24);2*1H. The first-order valence-corrected chi connectivity index (χ1v) is 10.1. The van der Waals surface area contributed by atoms with E-state index in [0.717, 1.165) is 36.3 Å². The smallest absolute Gasteiger partial charge is 0.237 e. The van der Waals surface area contributed by atoms with E-state index >= 15 is 0 Å². The van der Waals surface area contributed by atoms with E-state index < -0.39 is 0 Å². The van der Waals surface area contributed by atoms with Gasteiger partial charge < -0.3 is 15.5 Å². The summed E-state index contributed by atoms with van der Waals surface area (Å²) >= 11 is 3.63. The van der Waals surface area contributed by atoms with Crippen molar-refractivity contribution in [2.75, 3.05) is 18.0 Å². The second-order valence-corrected chi connectivity index (χ2v) is 8.35. The molecule has 1 aliphatic carbocycles. The maximum Gasteiger partial charge on any atom is 0.237 e. The van der Waals surface area contributed by atoms with E-state index in [0.29, 0.717) is 6.04 Å².